The minimum Gasteiger partial charge on any atom is -0.494 e. The van der Waals surface area contributed by atoms with Gasteiger partial charge in [-0.05, 0) is 12.1 Å². The fraction of sp³-hybridized carbons (Fsp3) is 0.0714. The summed E-state index contributed by atoms with van der Waals surface area (Å²) in [6.45, 7) is 0. The Morgan fingerprint density at radius 3 is 2.61 bits per heavy atom. The van der Waals surface area contributed by atoms with Gasteiger partial charge >= 0.3 is 0 Å². The molecule has 0 aliphatic rings. The van der Waals surface area contributed by atoms with E-state index in [-0.39, 0.29) is 5.75 Å². The van der Waals surface area contributed by atoms with Crippen LogP contribution in [-0.2, 0) is 0 Å². The van der Waals surface area contributed by atoms with E-state index in [1.165, 1.54) is 19.2 Å². The normalized spacial score (nSPS) is 10.2. The highest BCUT2D eigenvalue weighted by atomic mass is 35.5. The Morgan fingerprint density at radius 2 is 2.00 bits per heavy atom. The van der Waals surface area contributed by atoms with Crippen LogP contribution in [-0.4, -0.2) is 13.4 Å². The van der Waals surface area contributed by atoms with E-state index in [0.717, 1.165) is 0 Å². The molecule has 92 valence electrons. The predicted octanol–water partition coefficient (Wildman–Crippen LogP) is 3.97. The quantitative estimate of drug-likeness (QED) is 0.784. The Labute approximate surface area is 109 Å². The van der Waals surface area contributed by atoms with Crippen LogP contribution in [0.4, 0.5) is 4.39 Å². The van der Waals surface area contributed by atoms with Crippen molar-refractivity contribution in [3.8, 4) is 16.9 Å². The Kier molecular flexibility index (Phi) is 3.63. The van der Waals surface area contributed by atoms with E-state index in [1.807, 2.05) is 0 Å². The van der Waals surface area contributed by atoms with E-state index >= 15 is 0 Å². The van der Waals surface area contributed by atoms with E-state index < -0.39 is 5.82 Å². The summed E-state index contributed by atoms with van der Waals surface area (Å²) in [6.07, 6.45) is 0.692. The number of benzene rings is 2. The van der Waals surface area contributed by atoms with E-state index in [0.29, 0.717) is 28.0 Å². The van der Waals surface area contributed by atoms with Crippen LogP contribution in [0.3, 0.4) is 0 Å². The summed E-state index contributed by atoms with van der Waals surface area (Å²) in [5.41, 5.74) is 1.32. The zero-order chi connectivity index (χ0) is 13.1. The highest BCUT2D eigenvalue weighted by Gasteiger charge is 2.13. The van der Waals surface area contributed by atoms with Gasteiger partial charge < -0.3 is 4.74 Å². The highest BCUT2D eigenvalue weighted by Crippen LogP contribution is 2.33. The molecular weight excluding hydrogens is 255 g/mol. The third kappa shape index (κ3) is 2.22. The van der Waals surface area contributed by atoms with Crippen LogP contribution in [0.2, 0.25) is 5.02 Å². The molecule has 0 radical (unpaired) electrons. The van der Waals surface area contributed by atoms with Gasteiger partial charge in [-0.2, -0.15) is 0 Å². The maximum absolute atomic E-state index is 14.1. The van der Waals surface area contributed by atoms with Gasteiger partial charge in [-0.1, -0.05) is 35.9 Å². The molecule has 2 nitrogen and oxygen atoms in total. The number of ether oxygens (including phenoxy) is 1. The largest absolute Gasteiger partial charge is 0.494 e. The Bertz CT molecular complexity index is 596. The van der Waals surface area contributed by atoms with Crippen LogP contribution in [0.25, 0.3) is 11.1 Å². The molecule has 18 heavy (non-hydrogen) atoms. The van der Waals surface area contributed by atoms with Crippen LogP contribution < -0.4 is 4.74 Å². The minimum atomic E-state index is -0.472. The van der Waals surface area contributed by atoms with E-state index in [9.17, 15) is 9.18 Å². The third-order valence-corrected chi connectivity index (χ3v) is 2.92. The lowest BCUT2D eigenvalue weighted by molar-refractivity contribution is 0.112. The monoisotopic (exact) mass is 264 g/mol. The van der Waals surface area contributed by atoms with Crippen LogP contribution in [0.15, 0.2) is 36.4 Å². The first-order valence-electron chi connectivity index (χ1n) is 5.25. The molecule has 2 aromatic rings. The molecule has 0 saturated carbocycles. The molecule has 0 spiro atoms. The first kappa shape index (κ1) is 12.6. The Balaban J connectivity index is 2.58. The van der Waals surface area contributed by atoms with E-state index in [4.69, 9.17) is 16.3 Å². The third-order valence-electron chi connectivity index (χ3n) is 2.60. The number of rotatable bonds is 3. The molecule has 0 N–H and O–H groups in total. The zero-order valence-electron chi connectivity index (χ0n) is 9.61. The standard InChI is InChI=1S/C14H10ClFO2/c1-18-13-4-2-3-11(14(13)16)10-6-5-9(8-17)7-12(10)15/h2-8H,1H3. The van der Waals surface area contributed by atoms with Crippen LogP contribution in [0.1, 0.15) is 10.4 Å². The molecule has 0 fully saturated rings. The van der Waals surface area contributed by atoms with Gasteiger partial charge in [0.1, 0.15) is 6.29 Å². The SMILES string of the molecule is COc1cccc(-c2ccc(C=O)cc2Cl)c1F. The van der Waals surface area contributed by atoms with Crippen molar-refractivity contribution in [2.24, 2.45) is 0 Å². The first-order chi connectivity index (χ1) is 8.67. The predicted molar refractivity (Wildman–Crippen MR) is 68.8 cm³/mol. The van der Waals surface area contributed by atoms with Crippen LogP contribution in [0.5, 0.6) is 5.75 Å². The molecule has 0 atom stereocenters. The second-order valence-electron chi connectivity index (χ2n) is 3.68. The maximum Gasteiger partial charge on any atom is 0.172 e. The van der Waals surface area contributed by atoms with Crippen molar-refractivity contribution in [1.82, 2.24) is 0 Å². The second kappa shape index (κ2) is 5.19. The minimum absolute atomic E-state index is 0.156. The van der Waals surface area contributed by atoms with Gasteiger partial charge in [0, 0.05) is 21.7 Å². The molecule has 0 aromatic heterocycles. The number of aldehydes is 1. The number of carbonyl (C=O) groups is 1. The summed E-state index contributed by atoms with van der Waals surface area (Å²) in [4.78, 5) is 10.6. The van der Waals surface area contributed by atoms with Crippen molar-refractivity contribution in [2.75, 3.05) is 7.11 Å². The fourth-order valence-corrected chi connectivity index (χ4v) is 1.99. The average molecular weight is 265 g/mol. The molecule has 0 amide bonds. The fourth-order valence-electron chi connectivity index (χ4n) is 1.70. The first-order valence-corrected chi connectivity index (χ1v) is 5.62. The topological polar surface area (TPSA) is 26.3 Å². The van der Waals surface area contributed by atoms with Gasteiger partial charge in [0.2, 0.25) is 0 Å². The summed E-state index contributed by atoms with van der Waals surface area (Å²) in [5.74, 6) is -0.316. The molecular formula is C14H10ClFO2. The molecule has 0 heterocycles. The summed E-state index contributed by atoms with van der Waals surface area (Å²) in [7, 11) is 1.40. The summed E-state index contributed by atoms with van der Waals surface area (Å²) < 4.78 is 19.0. The molecule has 0 saturated heterocycles. The van der Waals surface area contributed by atoms with Gasteiger partial charge in [-0.25, -0.2) is 4.39 Å². The van der Waals surface area contributed by atoms with Crippen molar-refractivity contribution < 1.29 is 13.9 Å². The van der Waals surface area contributed by atoms with E-state index in [2.05, 4.69) is 0 Å². The number of hydrogen-bond donors (Lipinski definition) is 0. The van der Waals surface area contributed by atoms with E-state index in [1.54, 1.807) is 24.3 Å². The molecule has 0 aliphatic carbocycles. The Hall–Kier alpha value is -1.87. The number of halogens is 2. The number of hydrogen-bond acceptors (Lipinski definition) is 2. The van der Waals surface area contributed by atoms with Gasteiger partial charge in [-0.15, -0.1) is 0 Å². The summed E-state index contributed by atoms with van der Waals surface area (Å²) >= 11 is 6.04. The van der Waals surface area contributed by atoms with Gasteiger partial charge in [0.15, 0.2) is 11.6 Å². The lowest BCUT2D eigenvalue weighted by atomic mass is 10.0. The molecule has 2 aromatic carbocycles. The van der Waals surface area contributed by atoms with Gasteiger partial charge in [0.05, 0.1) is 7.11 Å². The van der Waals surface area contributed by atoms with Crippen molar-refractivity contribution in [3.05, 3.63) is 52.8 Å². The average Bonchev–Trinajstić information content (AvgIpc) is 2.39. The van der Waals surface area contributed by atoms with Crippen LogP contribution in [0, 0.1) is 5.82 Å². The second-order valence-corrected chi connectivity index (χ2v) is 4.09. The van der Waals surface area contributed by atoms with Gasteiger partial charge in [-0.3, -0.25) is 4.79 Å². The van der Waals surface area contributed by atoms with Crippen molar-refractivity contribution in [3.63, 3.8) is 0 Å². The van der Waals surface area contributed by atoms with Crippen molar-refractivity contribution in [2.45, 2.75) is 0 Å². The number of carbonyl (C=O) groups excluding carboxylic acids is 1. The highest BCUT2D eigenvalue weighted by molar-refractivity contribution is 6.33. The molecule has 4 heteroatoms. The lowest BCUT2D eigenvalue weighted by Crippen LogP contribution is -1.92. The lowest BCUT2D eigenvalue weighted by Gasteiger charge is -2.09. The molecule has 0 bridgehead atoms. The van der Waals surface area contributed by atoms with Crippen LogP contribution >= 0.6 is 11.6 Å². The summed E-state index contributed by atoms with van der Waals surface area (Å²) in [5, 5.41) is 0.326. The van der Waals surface area contributed by atoms with Crippen molar-refractivity contribution in [1.29, 1.82) is 0 Å². The summed E-state index contributed by atoms with van der Waals surface area (Å²) in [6, 6.07) is 9.53. The van der Waals surface area contributed by atoms with Crippen molar-refractivity contribution >= 4 is 17.9 Å². The number of methoxy groups -OCH3 is 1. The Morgan fingerprint density at radius 1 is 1.22 bits per heavy atom. The molecule has 0 aliphatic heterocycles. The maximum atomic E-state index is 14.1. The zero-order valence-corrected chi connectivity index (χ0v) is 10.4. The molecule has 0 unspecified atom stereocenters. The smallest absolute Gasteiger partial charge is 0.172 e. The molecule has 2 rings (SSSR count). The van der Waals surface area contributed by atoms with Gasteiger partial charge in [0.25, 0.3) is 0 Å².